The van der Waals surface area contributed by atoms with Crippen molar-refractivity contribution in [3.63, 3.8) is 0 Å². The second-order valence-corrected chi connectivity index (χ2v) is 7.30. The summed E-state index contributed by atoms with van der Waals surface area (Å²) in [6, 6.07) is 0. The van der Waals surface area contributed by atoms with Crippen molar-refractivity contribution >= 4 is 5.78 Å². The number of carbonyl (C=O) groups is 1. The fourth-order valence-electron chi connectivity index (χ4n) is 5.63. The maximum Gasteiger partial charge on any atom is 0.162 e. The normalized spacial score (nSPS) is 46.0. The number of hydrogen-bond donors (Lipinski definition) is 0. The first-order chi connectivity index (χ1) is 8.81. The Labute approximate surface area is 110 Å². The fourth-order valence-corrected chi connectivity index (χ4v) is 5.63. The molecule has 0 radical (unpaired) electrons. The number of Topliss-reactive ketones (excluding diaryl/α,β-unsaturated/α-hetero) is 1. The van der Waals surface area contributed by atoms with E-state index in [-0.39, 0.29) is 0 Å². The van der Waals surface area contributed by atoms with Crippen molar-refractivity contribution in [2.75, 3.05) is 0 Å². The van der Waals surface area contributed by atoms with Gasteiger partial charge in [-0.1, -0.05) is 6.08 Å². The zero-order valence-electron chi connectivity index (χ0n) is 11.2. The van der Waals surface area contributed by atoms with Gasteiger partial charge in [0.2, 0.25) is 0 Å². The summed E-state index contributed by atoms with van der Waals surface area (Å²) in [4.78, 5) is 12.8. The monoisotopic (exact) mass is 244 g/mol. The third kappa shape index (κ3) is 1.70. The van der Waals surface area contributed by atoms with E-state index in [0.717, 1.165) is 36.5 Å². The smallest absolute Gasteiger partial charge is 0.162 e. The minimum absolute atomic E-state index is 0.433. The van der Waals surface area contributed by atoms with Crippen LogP contribution < -0.4 is 0 Å². The van der Waals surface area contributed by atoms with Crippen LogP contribution in [0.25, 0.3) is 0 Å². The Bertz CT molecular complexity index is 364. The highest BCUT2D eigenvalue weighted by atomic mass is 16.1. The first-order valence-corrected chi connectivity index (χ1v) is 8.04. The van der Waals surface area contributed by atoms with Gasteiger partial charge in [0.1, 0.15) is 0 Å². The number of ketones is 1. The van der Waals surface area contributed by atoms with Crippen LogP contribution in [0.5, 0.6) is 0 Å². The van der Waals surface area contributed by atoms with Gasteiger partial charge in [0.05, 0.1) is 0 Å². The Morgan fingerprint density at radius 3 is 2.17 bits per heavy atom. The van der Waals surface area contributed by atoms with Gasteiger partial charge in [-0.3, -0.25) is 4.79 Å². The van der Waals surface area contributed by atoms with Crippen LogP contribution in [0.3, 0.4) is 0 Å². The fraction of sp³-hybridized carbons (Fsp3) is 0.824. The molecule has 0 amide bonds. The Hall–Kier alpha value is -0.590. The largest absolute Gasteiger partial charge is 0.294 e. The Balaban J connectivity index is 1.57. The lowest BCUT2D eigenvalue weighted by Gasteiger charge is -2.54. The third-order valence-electron chi connectivity index (χ3n) is 6.14. The zero-order chi connectivity index (χ0) is 12.1. The third-order valence-corrected chi connectivity index (χ3v) is 6.14. The summed E-state index contributed by atoms with van der Waals surface area (Å²) in [5.41, 5.74) is 1.21. The number of rotatable bonds is 2. The molecule has 5 aliphatic rings. The molecule has 0 unspecified atom stereocenters. The molecule has 0 saturated heterocycles. The van der Waals surface area contributed by atoms with Crippen LogP contribution in [0.15, 0.2) is 11.6 Å². The summed E-state index contributed by atoms with van der Waals surface area (Å²) >= 11 is 0. The lowest BCUT2D eigenvalue weighted by atomic mass is 9.50. The van der Waals surface area contributed by atoms with Gasteiger partial charge in [-0.2, -0.15) is 0 Å². The molecule has 5 aliphatic carbocycles. The molecule has 5 rings (SSSR count). The van der Waals surface area contributed by atoms with Gasteiger partial charge in [0, 0.05) is 5.92 Å². The molecule has 0 N–H and O–H groups in total. The number of carbonyl (C=O) groups excluding carboxylic acids is 1. The second kappa shape index (κ2) is 4.21. The minimum Gasteiger partial charge on any atom is -0.294 e. The lowest BCUT2D eigenvalue weighted by molar-refractivity contribution is -0.132. The van der Waals surface area contributed by atoms with Gasteiger partial charge in [-0.05, 0) is 87.0 Å². The predicted octanol–water partition coefficient (Wildman–Crippen LogP) is 4.13. The van der Waals surface area contributed by atoms with E-state index in [0.29, 0.717) is 11.7 Å². The van der Waals surface area contributed by atoms with Crippen molar-refractivity contribution in [3.8, 4) is 0 Å². The van der Waals surface area contributed by atoms with Crippen LogP contribution >= 0.6 is 0 Å². The van der Waals surface area contributed by atoms with Crippen molar-refractivity contribution < 1.29 is 4.79 Å². The van der Waals surface area contributed by atoms with Gasteiger partial charge in [0.25, 0.3) is 0 Å². The van der Waals surface area contributed by atoms with E-state index >= 15 is 0 Å². The van der Waals surface area contributed by atoms with E-state index < -0.39 is 0 Å². The number of allylic oxidation sites excluding steroid dienone is 2. The summed E-state index contributed by atoms with van der Waals surface area (Å²) < 4.78 is 0. The molecule has 18 heavy (non-hydrogen) atoms. The summed E-state index contributed by atoms with van der Waals surface area (Å²) in [5.74, 6) is 4.49. The summed E-state index contributed by atoms with van der Waals surface area (Å²) in [6.07, 6.45) is 14.0. The van der Waals surface area contributed by atoms with E-state index in [1.54, 1.807) is 0 Å². The average molecular weight is 244 g/mol. The molecule has 1 heteroatoms. The molecule has 0 heterocycles. The van der Waals surface area contributed by atoms with Crippen LogP contribution in [0, 0.1) is 29.6 Å². The molecule has 0 aromatic rings. The molecular formula is C17H24O. The molecular weight excluding hydrogens is 220 g/mol. The molecule has 0 aromatic carbocycles. The highest BCUT2D eigenvalue weighted by Gasteiger charge is 2.50. The van der Waals surface area contributed by atoms with Crippen molar-refractivity contribution in [1.29, 1.82) is 0 Å². The maximum absolute atomic E-state index is 12.8. The van der Waals surface area contributed by atoms with E-state index in [2.05, 4.69) is 6.08 Å². The first-order valence-electron chi connectivity index (χ1n) is 8.04. The van der Waals surface area contributed by atoms with Gasteiger partial charge < -0.3 is 0 Å². The van der Waals surface area contributed by atoms with Crippen molar-refractivity contribution in [2.24, 2.45) is 29.6 Å². The highest BCUT2D eigenvalue weighted by Crippen LogP contribution is 2.57. The van der Waals surface area contributed by atoms with E-state index in [1.807, 2.05) is 0 Å². The zero-order valence-corrected chi connectivity index (χ0v) is 11.2. The summed E-state index contributed by atoms with van der Waals surface area (Å²) in [7, 11) is 0. The summed E-state index contributed by atoms with van der Waals surface area (Å²) in [6.45, 7) is 0. The van der Waals surface area contributed by atoms with Crippen LogP contribution in [-0.2, 0) is 4.79 Å². The maximum atomic E-state index is 12.8. The molecule has 1 nitrogen and oxygen atoms in total. The Kier molecular flexibility index (Phi) is 2.63. The van der Waals surface area contributed by atoms with E-state index in [4.69, 9.17) is 0 Å². The van der Waals surface area contributed by atoms with Crippen molar-refractivity contribution in [3.05, 3.63) is 11.6 Å². The van der Waals surface area contributed by atoms with Crippen LogP contribution in [0.2, 0.25) is 0 Å². The van der Waals surface area contributed by atoms with Crippen molar-refractivity contribution in [1.82, 2.24) is 0 Å². The van der Waals surface area contributed by atoms with Crippen molar-refractivity contribution in [2.45, 2.75) is 57.8 Å². The second-order valence-electron chi connectivity index (χ2n) is 7.30. The van der Waals surface area contributed by atoms with Crippen LogP contribution in [-0.4, -0.2) is 5.78 Å². The van der Waals surface area contributed by atoms with Gasteiger partial charge >= 0.3 is 0 Å². The van der Waals surface area contributed by atoms with E-state index in [1.165, 1.54) is 50.5 Å². The first kappa shape index (κ1) is 11.3. The van der Waals surface area contributed by atoms with Gasteiger partial charge in [0.15, 0.2) is 5.78 Å². The van der Waals surface area contributed by atoms with Gasteiger partial charge in [-0.25, -0.2) is 0 Å². The molecule has 98 valence electrons. The average Bonchev–Trinajstić information content (AvgIpc) is 2.38. The predicted molar refractivity (Wildman–Crippen MR) is 72.1 cm³/mol. The lowest BCUT2D eigenvalue weighted by Crippen LogP contribution is -2.48. The van der Waals surface area contributed by atoms with Gasteiger partial charge in [-0.15, -0.1) is 0 Å². The topological polar surface area (TPSA) is 17.1 Å². The molecule has 0 aromatic heterocycles. The highest BCUT2D eigenvalue weighted by molar-refractivity contribution is 5.97. The SMILES string of the molecule is O=C(C1=CCCCC1)C1C2CC3CC(C2)CC1C3. The molecule has 4 bridgehead atoms. The Morgan fingerprint density at radius 1 is 0.944 bits per heavy atom. The standard InChI is InChI=1S/C17H24O/c18-17(13-4-2-1-3-5-13)16-14-7-11-6-12(9-14)10-15(16)8-11/h4,11-12,14-16H,1-3,5-10H2. The number of hydrogen-bond acceptors (Lipinski definition) is 1. The molecule has 0 atom stereocenters. The summed E-state index contributed by atoms with van der Waals surface area (Å²) in [5, 5.41) is 0. The van der Waals surface area contributed by atoms with Crippen LogP contribution in [0.1, 0.15) is 57.8 Å². The molecule has 4 fully saturated rings. The Morgan fingerprint density at radius 2 is 1.61 bits per heavy atom. The molecule has 4 saturated carbocycles. The molecule has 0 aliphatic heterocycles. The van der Waals surface area contributed by atoms with E-state index in [9.17, 15) is 4.79 Å². The van der Waals surface area contributed by atoms with Crippen LogP contribution in [0.4, 0.5) is 0 Å². The molecule has 0 spiro atoms. The quantitative estimate of drug-likeness (QED) is 0.714. The minimum atomic E-state index is 0.433.